The number of hydrogen-bond acceptors (Lipinski definition) is 3. The standard InChI is InChI=1S/C10H16N2O2S/c1-4-12-5-8(10(13)14)11-9(12)6-15-7(2)3/h5,7H,4,6H2,1-3H3,(H,13,14). The minimum Gasteiger partial charge on any atom is -0.476 e. The third-order valence-electron chi connectivity index (χ3n) is 1.96. The van der Waals surface area contributed by atoms with Crippen LogP contribution in [-0.4, -0.2) is 25.9 Å². The fourth-order valence-electron chi connectivity index (χ4n) is 1.19. The molecule has 0 aliphatic rings. The van der Waals surface area contributed by atoms with Gasteiger partial charge in [-0.2, -0.15) is 11.8 Å². The molecule has 0 aliphatic heterocycles. The van der Waals surface area contributed by atoms with Gasteiger partial charge in [0, 0.05) is 12.7 Å². The number of imidazole rings is 1. The summed E-state index contributed by atoms with van der Waals surface area (Å²) in [6.45, 7) is 6.97. The van der Waals surface area contributed by atoms with Crippen molar-refractivity contribution in [2.24, 2.45) is 0 Å². The summed E-state index contributed by atoms with van der Waals surface area (Å²) in [4.78, 5) is 14.8. The zero-order valence-electron chi connectivity index (χ0n) is 9.23. The molecule has 0 atom stereocenters. The SMILES string of the molecule is CCn1cc(C(=O)O)nc1CSC(C)C. The van der Waals surface area contributed by atoms with Crippen molar-refractivity contribution >= 4 is 17.7 Å². The molecule has 15 heavy (non-hydrogen) atoms. The summed E-state index contributed by atoms with van der Waals surface area (Å²) >= 11 is 1.76. The Hall–Kier alpha value is -0.970. The van der Waals surface area contributed by atoms with Crippen molar-refractivity contribution in [3.63, 3.8) is 0 Å². The largest absolute Gasteiger partial charge is 0.476 e. The van der Waals surface area contributed by atoms with Crippen LogP contribution in [0.3, 0.4) is 0 Å². The number of carbonyl (C=O) groups is 1. The number of carboxylic acid groups (broad SMARTS) is 1. The van der Waals surface area contributed by atoms with E-state index in [2.05, 4.69) is 18.8 Å². The molecule has 1 rings (SSSR count). The summed E-state index contributed by atoms with van der Waals surface area (Å²) in [6, 6.07) is 0. The van der Waals surface area contributed by atoms with E-state index in [0.717, 1.165) is 18.1 Å². The zero-order valence-corrected chi connectivity index (χ0v) is 10.0. The molecule has 5 heteroatoms. The summed E-state index contributed by atoms with van der Waals surface area (Å²) in [7, 11) is 0. The number of rotatable bonds is 5. The highest BCUT2D eigenvalue weighted by Gasteiger charge is 2.12. The first kappa shape index (κ1) is 12.1. The Bertz CT molecular complexity index is 347. The molecule has 1 heterocycles. The minimum absolute atomic E-state index is 0.135. The van der Waals surface area contributed by atoms with Crippen molar-refractivity contribution in [1.82, 2.24) is 9.55 Å². The number of hydrogen-bond donors (Lipinski definition) is 1. The first-order chi connectivity index (χ1) is 7.04. The maximum atomic E-state index is 10.7. The predicted molar refractivity (Wildman–Crippen MR) is 61.3 cm³/mol. The van der Waals surface area contributed by atoms with Crippen LogP contribution in [-0.2, 0) is 12.3 Å². The van der Waals surface area contributed by atoms with Gasteiger partial charge in [-0.3, -0.25) is 0 Å². The Morgan fingerprint density at radius 3 is 2.80 bits per heavy atom. The fraction of sp³-hybridized carbons (Fsp3) is 0.600. The first-order valence-electron chi connectivity index (χ1n) is 4.95. The molecule has 0 radical (unpaired) electrons. The summed E-state index contributed by atoms with van der Waals surface area (Å²) in [6.07, 6.45) is 1.60. The molecule has 0 fully saturated rings. The van der Waals surface area contributed by atoms with Crippen molar-refractivity contribution in [2.75, 3.05) is 0 Å². The van der Waals surface area contributed by atoms with Gasteiger partial charge in [0.2, 0.25) is 0 Å². The number of carboxylic acids is 1. The van der Waals surface area contributed by atoms with E-state index in [9.17, 15) is 4.79 Å². The third-order valence-corrected chi connectivity index (χ3v) is 3.06. The van der Waals surface area contributed by atoms with Crippen LogP contribution in [0, 0.1) is 0 Å². The lowest BCUT2D eigenvalue weighted by Crippen LogP contribution is -2.00. The lowest BCUT2D eigenvalue weighted by molar-refractivity contribution is 0.0691. The Balaban J connectivity index is 2.81. The molecule has 4 nitrogen and oxygen atoms in total. The van der Waals surface area contributed by atoms with Crippen molar-refractivity contribution in [3.8, 4) is 0 Å². The Kier molecular flexibility index (Phi) is 4.20. The normalized spacial score (nSPS) is 10.9. The van der Waals surface area contributed by atoms with Crippen LogP contribution >= 0.6 is 11.8 Å². The number of aromatic nitrogens is 2. The molecule has 0 aromatic carbocycles. The summed E-state index contributed by atoms with van der Waals surface area (Å²) < 4.78 is 1.89. The minimum atomic E-state index is -0.960. The van der Waals surface area contributed by atoms with E-state index in [-0.39, 0.29) is 5.69 Å². The van der Waals surface area contributed by atoms with Crippen molar-refractivity contribution in [1.29, 1.82) is 0 Å². The summed E-state index contributed by atoms with van der Waals surface area (Å²) in [5.74, 6) is 0.644. The molecule has 0 bridgehead atoms. The molecular formula is C10H16N2O2S. The van der Waals surface area contributed by atoms with Crippen molar-refractivity contribution < 1.29 is 9.90 Å². The van der Waals surface area contributed by atoms with E-state index in [1.54, 1.807) is 18.0 Å². The van der Waals surface area contributed by atoms with Crippen LogP contribution in [0.15, 0.2) is 6.20 Å². The molecule has 0 spiro atoms. The molecule has 84 valence electrons. The van der Waals surface area contributed by atoms with E-state index in [0.29, 0.717) is 5.25 Å². The van der Waals surface area contributed by atoms with Crippen LogP contribution in [0.2, 0.25) is 0 Å². The van der Waals surface area contributed by atoms with E-state index in [1.807, 2.05) is 11.5 Å². The quantitative estimate of drug-likeness (QED) is 0.839. The van der Waals surface area contributed by atoms with Crippen molar-refractivity contribution in [2.45, 2.75) is 38.3 Å². The molecule has 1 N–H and O–H groups in total. The Labute approximate surface area is 93.7 Å². The molecule has 0 unspecified atom stereocenters. The molecule has 1 aromatic rings. The molecule has 0 aliphatic carbocycles. The Morgan fingerprint density at radius 2 is 2.33 bits per heavy atom. The lowest BCUT2D eigenvalue weighted by Gasteiger charge is -2.05. The monoisotopic (exact) mass is 228 g/mol. The second-order valence-corrected chi connectivity index (χ2v) is 5.06. The average molecular weight is 228 g/mol. The van der Waals surface area contributed by atoms with Gasteiger partial charge in [0.15, 0.2) is 5.69 Å². The number of nitrogens with zero attached hydrogens (tertiary/aromatic N) is 2. The predicted octanol–water partition coefficient (Wildman–Crippen LogP) is 2.24. The third kappa shape index (κ3) is 3.27. The maximum Gasteiger partial charge on any atom is 0.356 e. The molecule has 0 saturated heterocycles. The van der Waals surface area contributed by atoms with Gasteiger partial charge >= 0.3 is 5.97 Å². The number of thioether (sulfide) groups is 1. The van der Waals surface area contributed by atoms with Gasteiger partial charge in [0.1, 0.15) is 5.82 Å². The van der Waals surface area contributed by atoms with Crippen LogP contribution < -0.4 is 0 Å². The van der Waals surface area contributed by atoms with Crippen LogP contribution in [0.4, 0.5) is 0 Å². The van der Waals surface area contributed by atoms with Gasteiger partial charge in [-0.25, -0.2) is 9.78 Å². The fourth-order valence-corrected chi connectivity index (χ4v) is 1.90. The van der Waals surface area contributed by atoms with E-state index < -0.39 is 5.97 Å². The molecule has 0 amide bonds. The van der Waals surface area contributed by atoms with Crippen LogP contribution in [0.25, 0.3) is 0 Å². The smallest absolute Gasteiger partial charge is 0.356 e. The highest BCUT2D eigenvalue weighted by Crippen LogP contribution is 2.17. The highest BCUT2D eigenvalue weighted by atomic mass is 32.2. The molecule has 0 saturated carbocycles. The maximum absolute atomic E-state index is 10.7. The van der Waals surface area contributed by atoms with E-state index in [1.165, 1.54) is 0 Å². The second-order valence-electron chi connectivity index (χ2n) is 3.49. The van der Waals surface area contributed by atoms with Crippen LogP contribution in [0.5, 0.6) is 0 Å². The highest BCUT2D eigenvalue weighted by molar-refractivity contribution is 7.99. The van der Waals surface area contributed by atoms with Crippen molar-refractivity contribution in [3.05, 3.63) is 17.7 Å². The van der Waals surface area contributed by atoms with Gasteiger partial charge in [-0.1, -0.05) is 13.8 Å². The summed E-state index contributed by atoms with van der Waals surface area (Å²) in [5.41, 5.74) is 0.135. The summed E-state index contributed by atoms with van der Waals surface area (Å²) in [5, 5.41) is 9.34. The lowest BCUT2D eigenvalue weighted by atomic mass is 10.5. The van der Waals surface area contributed by atoms with Gasteiger partial charge in [-0.05, 0) is 12.2 Å². The topological polar surface area (TPSA) is 55.1 Å². The van der Waals surface area contributed by atoms with E-state index in [4.69, 9.17) is 5.11 Å². The molecule has 1 aromatic heterocycles. The van der Waals surface area contributed by atoms with Gasteiger partial charge in [0.05, 0.1) is 5.75 Å². The van der Waals surface area contributed by atoms with Crippen LogP contribution in [0.1, 0.15) is 37.1 Å². The van der Waals surface area contributed by atoms with Gasteiger partial charge in [0.25, 0.3) is 0 Å². The number of aryl methyl sites for hydroxylation is 1. The van der Waals surface area contributed by atoms with E-state index >= 15 is 0 Å². The molecular weight excluding hydrogens is 212 g/mol. The Morgan fingerprint density at radius 1 is 1.67 bits per heavy atom. The first-order valence-corrected chi connectivity index (χ1v) is 6.00. The van der Waals surface area contributed by atoms with Gasteiger partial charge < -0.3 is 9.67 Å². The second kappa shape index (κ2) is 5.21. The number of aromatic carboxylic acids is 1. The zero-order chi connectivity index (χ0) is 11.4. The van der Waals surface area contributed by atoms with Gasteiger partial charge in [-0.15, -0.1) is 0 Å². The average Bonchev–Trinajstić information content (AvgIpc) is 2.57.